The highest BCUT2D eigenvalue weighted by Crippen LogP contribution is 2.33. The lowest BCUT2D eigenvalue weighted by molar-refractivity contribution is -0.379. The van der Waals surface area contributed by atoms with Crippen LogP contribution in [0.5, 0.6) is 0 Å². The van der Waals surface area contributed by atoms with Gasteiger partial charge in [-0.05, 0) is 38.5 Å². The number of unbranched alkanes of at least 4 members (excludes halogenated alkanes) is 19. The molecule has 410 valence electrons. The average Bonchev–Trinajstić information content (AvgIpc) is 3.35. The van der Waals surface area contributed by atoms with Gasteiger partial charge in [-0.3, -0.25) is 4.79 Å². The van der Waals surface area contributed by atoms with Gasteiger partial charge in [0.05, 0.1) is 38.6 Å². The topological polar surface area (TPSA) is 307 Å². The maximum Gasteiger partial charge on any atom is 0.220 e. The lowest BCUT2D eigenvalue weighted by atomic mass is 9.96. The number of nitrogens with one attached hydrogen (secondary N) is 1. The van der Waals surface area contributed by atoms with E-state index in [1.54, 1.807) is 6.08 Å². The second-order valence-corrected chi connectivity index (χ2v) is 19.3. The molecule has 0 bridgehead atoms. The molecular weight excluding hydrogens is 915 g/mol. The molecule has 0 aromatic carbocycles. The lowest BCUT2D eigenvalue weighted by Gasteiger charge is -2.48. The first-order chi connectivity index (χ1) is 33.8. The van der Waals surface area contributed by atoms with Crippen molar-refractivity contribution < 1.29 is 89.4 Å². The summed E-state index contributed by atoms with van der Waals surface area (Å²) in [7, 11) is 0. The second kappa shape index (κ2) is 36.3. The lowest BCUT2D eigenvalue weighted by Crippen LogP contribution is -2.66. The number of amides is 1. The van der Waals surface area contributed by atoms with Gasteiger partial charge in [-0.1, -0.05) is 141 Å². The SMILES string of the molecule is CCCC/C=C/C(O)C(COC1OC(CO)C(OC2OC(CO)C(OC3OC(CO)C(O)C(O)C3O)C(O)C2O)C(O)C1O)NC(=O)CCCCCCCCCCC/C=C\CCCCCCCCCC. The molecule has 3 fully saturated rings. The molecule has 17 atom stereocenters. The molecule has 17 unspecified atom stereocenters. The standard InChI is InChI=1S/C51H93NO18/c1-3-5-7-9-10-11-12-13-14-15-16-17-18-19-20-21-22-23-24-25-27-29-39(57)52-34(35(56)28-26-8-6-4-2)33-65-49-45(63)42(60)47(37(31-54)67-49)70-51-46(64)43(61)48(38(32-55)68-51)69-50-44(62)41(59)40(58)36(30-53)66-50/h15-16,26,28,34-38,40-51,53-56,58-64H,3-14,17-25,27,29-33H2,1-2H3,(H,52,57)/b16-15-,28-26+. The van der Waals surface area contributed by atoms with Crippen molar-refractivity contribution >= 4 is 5.91 Å². The zero-order chi connectivity index (χ0) is 51.3. The Kier molecular flexibility index (Phi) is 32.4. The quantitative estimate of drug-likeness (QED) is 0.0314. The number of aliphatic hydroxyl groups is 11. The van der Waals surface area contributed by atoms with E-state index in [2.05, 4.69) is 24.4 Å². The van der Waals surface area contributed by atoms with E-state index in [9.17, 15) is 61.0 Å². The fraction of sp³-hybridized carbons (Fsp3) is 0.902. The van der Waals surface area contributed by atoms with E-state index in [-0.39, 0.29) is 18.9 Å². The Morgan fingerprint density at radius 1 is 0.500 bits per heavy atom. The highest BCUT2D eigenvalue weighted by Gasteiger charge is 2.53. The first-order valence-electron chi connectivity index (χ1n) is 26.6. The van der Waals surface area contributed by atoms with Crippen molar-refractivity contribution in [2.45, 2.75) is 266 Å². The number of carbonyl (C=O) groups excluding carboxylic acids is 1. The Bertz CT molecular complexity index is 1390. The third-order valence-electron chi connectivity index (χ3n) is 13.5. The van der Waals surface area contributed by atoms with Crippen LogP contribution in [0.15, 0.2) is 24.3 Å². The molecule has 19 heteroatoms. The molecule has 3 aliphatic heterocycles. The molecule has 1 amide bonds. The highest BCUT2D eigenvalue weighted by molar-refractivity contribution is 5.76. The van der Waals surface area contributed by atoms with Gasteiger partial charge in [0.2, 0.25) is 5.91 Å². The van der Waals surface area contributed by atoms with E-state index in [4.69, 9.17) is 28.4 Å². The van der Waals surface area contributed by atoms with Crippen molar-refractivity contribution in [2.24, 2.45) is 0 Å². The maximum atomic E-state index is 13.1. The zero-order valence-electron chi connectivity index (χ0n) is 42.0. The zero-order valence-corrected chi connectivity index (χ0v) is 42.0. The van der Waals surface area contributed by atoms with Crippen LogP contribution in [0.2, 0.25) is 0 Å². The van der Waals surface area contributed by atoms with Crippen molar-refractivity contribution in [1.29, 1.82) is 0 Å². The molecule has 0 spiro atoms. The second-order valence-electron chi connectivity index (χ2n) is 19.3. The monoisotopic (exact) mass is 1010 g/mol. The largest absolute Gasteiger partial charge is 0.394 e. The summed E-state index contributed by atoms with van der Waals surface area (Å²) in [4.78, 5) is 13.1. The molecule has 0 radical (unpaired) electrons. The van der Waals surface area contributed by atoms with Crippen molar-refractivity contribution in [3.8, 4) is 0 Å². The van der Waals surface area contributed by atoms with Gasteiger partial charge in [0.25, 0.3) is 0 Å². The molecule has 3 aliphatic rings. The Morgan fingerprint density at radius 3 is 1.41 bits per heavy atom. The van der Waals surface area contributed by atoms with Crippen LogP contribution in [0.3, 0.4) is 0 Å². The van der Waals surface area contributed by atoms with Gasteiger partial charge in [0.1, 0.15) is 73.2 Å². The number of rotatable bonds is 37. The van der Waals surface area contributed by atoms with Crippen LogP contribution in [0, 0.1) is 0 Å². The molecule has 3 saturated heterocycles. The Hall–Kier alpha value is -1.73. The molecule has 3 heterocycles. The summed E-state index contributed by atoms with van der Waals surface area (Å²) in [6, 6.07) is -0.967. The van der Waals surface area contributed by atoms with Crippen LogP contribution in [0.4, 0.5) is 0 Å². The third kappa shape index (κ3) is 21.6. The van der Waals surface area contributed by atoms with E-state index in [1.807, 2.05) is 13.0 Å². The van der Waals surface area contributed by atoms with Crippen molar-refractivity contribution in [1.82, 2.24) is 5.32 Å². The Balaban J connectivity index is 1.42. The van der Waals surface area contributed by atoms with Crippen LogP contribution in [0.1, 0.15) is 162 Å². The number of hydrogen-bond donors (Lipinski definition) is 12. The van der Waals surface area contributed by atoms with Gasteiger partial charge in [-0.15, -0.1) is 0 Å². The number of ether oxygens (including phenoxy) is 6. The number of aliphatic hydroxyl groups excluding tert-OH is 11. The summed E-state index contributed by atoms with van der Waals surface area (Å²) in [5.41, 5.74) is 0. The van der Waals surface area contributed by atoms with Gasteiger partial charge in [-0.2, -0.15) is 0 Å². The fourth-order valence-electron chi connectivity index (χ4n) is 8.99. The van der Waals surface area contributed by atoms with Crippen LogP contribution >= 0.6 is 0 Å². The molecule has 0 aliphatic carbocycles. The smallest absolute Gasteiger partial charge is 0.220 e. The summed E-state index contributed by atoms with van der Waals surface area (Å²) < 4.78 is 33.9. The Morgan fingerprint density at radius 2 is 0.914 bits per heavy atom. The number of hydrogen-bond acceptors (Lipinski definition) is 18. The number of carbonyl (C=O) groups is 1. The van der Waals surface area contributed by atoms with Crippen molar-refractivity contribution in [2.75, 3.05) is 26.4 Å². The minimum atomic E-state index is -1.97. The van der Waals surface area contributed by atoms with Crippen molar-refractivity contribution in [3.63, 3.8) is 0 Å². The minimum Gasteiger partial charge on any atom is -0.394 e. The summed E-state index contributed by atoms with van der Waals surface area (Å²) in [5.74, 6) is -0.288. The van der Waals surface area contributed by atoms with Gasteiger partial charge >= 0.3 is 0 Å². The van der Waals surface area contributed by atoms with Gasteiger partial charge in [-0.25, -0.2) is 0 Å². The minimum absolute atomic E-state index is 0.240. The predicted molar refractivity (Wildman–Crippen MR) is 259 cm³/mol. The van der Waals surface area contributed by atoms with Crippen LogP contribution in [0.25, 0.3) is 0 Å². The molecule has 0 aromatic rings. The first kappa shape index (κ1) is 62.6. The molecule has 3 rings (SSSR count). The van der Waals surface area contributed by atoms with Gasteiger partial charge < -0.3 is 89.9 Å². The van der Waals surface area contributed by atoms with Gasteiger partial charge in [0.15, 0.2) is 18.9 Å². The molecule has 12 N–H and O–H groups in total. The molecule has 70 heavy (non-hydrogen) atoms. The fourth-order valence-corrected chi connectivity index (χ4v) is 8.99. The van der Waals surface area contributed by atoms with E-state index in [0.29, 0.717) is 12.8 Å². The first-order valence-corrected chi connectivity index (χ1v) is 26.6. The summed E-state index contributed by atoms with van der Waals surface area (Å²) in [6.45, 7) is 1.52. The molecular formula is C51H93NO18. The average molecular weight is 1010 g/mol. The Labute approximate surface area is 416 Å². The normalized spacial score (nSPS) is 32.7. The maximum absolute atomic E-state index is 13.1. The van der Waals surface area contributed by atoms with E-state index < -0.39 is 124 Å². The van der Waals surface area contributed by atoms with E-state index in [1.165, 1.54) is 89.9 Å². The van der Waals surface area contributed by atoms with Crippen molar-refractivity contribution in [3.05, 3.63) is 24.3 Å². The summed E-state index contributed by atoms with van der Waals surface area (Å²) in [6.07, 6.45) is 7.05. The summed E-state index contributed by atoms with van der Waals surface area (Å²) >= 11 is 0. The predicted octanol–water partition coefficient (Wildman–Crippen LogP) is 2.42. The van der Waals surface area contributed by atoms with Crippen LogP contribution < -0.4 is 5.32 Å². The highest BCUT2D eigenvalue weighted by atomic mass is 16.8. The summed E-state index contributed by atoms with van der Waals surface area (Å²) in [5, 5.41) is 119. The van der Waals surface area contributed by atoms with Crippen LogP contribution in [-0.2, 0) is 33.2 Å². The van der Waals surface area contributed by atoms with Crippen LogP contribution in [-0.4, -0.2) is 193 Å². The van der Waals surface area contributed by atoms with E-state index in [0.717, 1.165) is 38.5 Å². The number of allylic oxidation sites excluding steroid dienone is 3. The molecule has 0 aromatic heterocycles. The molecule has 19 nitrogen and oxygen atoms in total. The van der Waals surface area contributed by atoms with E-state index >= 15 is 0 Å². The molecule has 0 saturated carbocycles. The third-order valence-corrected chi connectivity index (χ3v) is 13.5. The van der Waals surface area contributed by atoms with Gasteiger partial charge in [0, 0.05) is 6.42 Å².